The van der Waals surface area contributed by atoms with Crippen molar-refractivity contribution in [3.8, 4) is 0 Å². The molecule has 2 saturated heterocycles. The van der Waals surface area contributed by atoms with Gasteiger partial charge in [-0.3, -0.25) is 0 Å². The molecule has 2 rings (SSSR count). The fourth-order valence-corrected chi connectivity index (χ4v) is 4.26. The van der Waals surface area contributed by atoms with E-state index in [4.69, 9.17) is 0 Å². The summed E-state index contributed by atoms with van der Waals surface area (Å²) in [6, 6.07) is 0. The minimum atomic E-state index is 0.818. The predicted molar refractivity (Wildman–Crippen MR) is 68.5 cm³/mol. The molecule has 2 fully saturated rings. The zero-order valence-electron chi connectivity index (χ0n) is 10.2. The van der Waals surface area contributed by atoms with Crippen LogP contribution in [0, 0.1) is 11.8 Å². The van der Waals surface area contributed by atoms with Gasteiger partial charge in [0.05, 0.1) is 0 Å². The summed E-state index contributed by atoms with van der Waals surface area (Å²) < 4.78 is 0. The van der Waals surface area contributed by atoms with Gasteiger partial charge in [0, 0.05) is 30.1 Å². The van der Waals surface area contributed by atoms with Crippen LogP contribution in [0.1, 0.15) is 20.8 Å². The van der Waals surface area contributed by atoms with Crippen molar-refractivity contribution in [2.75, 3.05) is 32.7 Å². The third-order valence-electron chi connectivity index (χ3n) is 3.67. The number of nitrogens with zero attached hydrogens (tertiary/aromatic N) is 1. The van der Waals surface area contributed by atoms with Crippen LogP contribution in [0.5, 0.6) is 0 Å². The summed E-state index contributed by atoms with van der Waals surface area (Å²) in [6.45, 7) is 13.5. The second-order valence-corrected chi connectivity index (χ2v) is 7.25. The lowest BCUT2D eigenvalue weighted by molar-refractivity contribution is 0.216. The first kappa shape index (κ1) is 11.7. The molecule has 2 aliphatic heterocycles. The number of hydrogen-bond donors (Lipinski definition) is 1. The van der Waals surface area contributed by atoms with Gasteiger partial charge in [-0.1, -0.05) is 20.8 Å². The summed E-state index contributed by atoms with van der Waals surface area (Å²) in [5.74, 6) is 1.75. The second-order valence-electron chi connectivity index (χ2n) is 5.37. The molecule has 0 radical (unpaired) electrons. The first-order chi connectivity index (χ1) is 7.15. The summed E-state index contributed by atoms with van der Waals surface area (Å²) in [6.07, 6.45) is 0. The van der Waals surface area contributed by atoms with Crippen molar-refractivity contribution in [3.05, 3.63) is 0 Å². The molecule has 2 heterocycles. The third-order valence-corrected chi connectivity index (χ3v) is 4.89. The Balaban J connectivity index is 1.83. The van der Waals surface area contributed by atoms with Crippen molar-refractivity contribution in [2.24, 2.45) is 11.8 Å². The Morgan fingerprint density at radius 3 is 2.33 bits per heavy atom. The molecule has 0 aliphatic carbocycles. The van der Waals surface area contributed by atoms with Crippen LogP contribution in [0.25, 0.3) is 0 Å². The molecule has 0 saturated carbocycles. The van der Waals surface area contributed by atoms with E-state index in [1.54, 1.807) is 0 Å². The van der Waals surface area contributed by atoms with E-state index in [1.807, 2.05) is 0 Å². The van der Waals surface area contributed by atoms with Gasteiger partial charge in [0.15, 0.2) is 0 Å². The number of nitrogens with one attached hydrogen (secondary N) is 1. The predicted octanol–water partition coefficient (Wildman–Crippen LogP) is 1.67. The molecule has 0 aromatic carbocycles. The zero-order valence-corrected chi connectivity index (χ0v) is 11.0. The van der Waals surface area contributed by atoms with Crippen molar-refractivity contribution in [3.63, 3.8) is 0 Å². The van der Waals surface area contributed by atoms with Crippen molar-refractivity contribution >= 4 is 11.8 Å². The summed E-state index contributed by atoms with van der Waals surface area (Å²) in [7, 11) is 0. The molecule has 0 bridgehead atoms. The Morgan fingerprint density at radius 2 is 1.80 bits per heavy atom. The van der Waals surface area contributed by atoms with E-state index in [2.05, 4.69) is 42.7 Å². The van der Waals surface area contributed by atoms with Crippen LogP contribution in [0.4, 0.5) is 0 Å². The monoisotopic (exact) mass is 228 g/mol. The smallest absolute Gasteiger partial charge is 0.0149 e. The van der Waals surface area contributed by atoms with Gasteiger partial charge >= 0.3 is 0 Å². The highest BCUT2D eigenvalue weighted by atomic mass is 32.2. The van der Waals surface area contributed by atoms with Gasteiger partial charge in [0.1, 0.15) is 0 Å². The van der Waals surface area contributed by atoms with Crippen LogP contribution in [-0.2, 0) is 0 Å². The van der Waals surface area contributed by atoms with Crippen molar-refractivity contribution in [2.45, 2.75) is 31.3 Å². The highest BCUT2D eigenvalue weighted by Crippen LogP contribution is 2.26. The van der Waals surface area contributed by atoms with Gasteiger partial charge in [0.2, 0.25) is 0 Å². The molecule has 0 aromatic heterocycles. The van der Waals surface area contributed by atoms with E-state index in [0.29, 0.717) is 0 Å². The summed E-state index contributed by atoms with van der Waals surface area (Å²) in [4.78, 5) is 2.68. The summed E-state index contributed by atoms with van der Waals surface area (Å²) in [5.41, 5.74) is 0. The van der Waals surface area contributed by atoms with Crippen LogP contribution in [-0.4, -0.2) is 48.1 Å². The lowest BCUT2D eigenvalue weighted by Crippen LogP contribution is -2.43. The molecule has 2 aliphatic rings. The Labute approximate surface area is 98.2 Å². The Morgan fingerprint density at radius 1 is 1.13 bits per heavy atom. The lowest BCUT2D eigenvalue weighted by atomic mass is 9.97. The van der Waals surface area contributed by atoms with Crippen LogP contribution in [0.2, 0.25) is 0 Å². The maximum absolute atomic E-state index is 3.50. The van der Waals surface area contributed by atoms with Gasteiger partial charge in [-0.2, -0.15) is 11.8 Å². The van der Waals surface area contributed by atoms with Crippen LogP contribution in [0.15, 0.2) is 0 Å². The highest BCUT2D eigenvalue weighted by molar-refractivity contribution is 8.00. The van der Waals surface area contributed by atoms with E-state index in [1.165, 1.54) is 32.7 Å². The number of rotatable bonds is 2. The molecule has 15 heavy (non-hydrogen) atoms. The van der Waals surface area contributed by atoms with E-state index in [-0.39, 0.29) is 0 Å². The van der Waals surface area contributed by atoms with E-state index < -0.39 is 0 Å². The standard InChI is InChI=1S/C12H24N2S/c1-9-4-13-5-12(9)8-14-6-10(2)15-11(3)7-14/h9-13H,4-8H2,1-3H3/t9-,10?,11?,12+/m1/s1. The fourth-order valence-electron chi connectivity index (χ4n) is 2.87. The molecule has 4 atom stereocenters. The number of hydrogen-bond acceptors (Lipinski definition) is 3. The van der Waals surface area contributed by atoms with Crippen molar-refractivity contribution in [1.29, 1.82) is 0 Å². The summed E-state index contributed by atoms with van der Waals surface area (Å²) >= 11 is 2.15. The average Bonchev–Trinajstić information content (AvgIpc) is 2.50. The molecular formula is C12H24N2S. The molecule has 0 aromatic rings. The van der Waals surface area contributed by atoms with Crippen molar-refractivity contribution in [1.82, 2.24) is 10.2 Å². The van der Waals surface area contributed by atoms with E-state index in [9.17, 15) is 0 Å². The van der Waals surface area contributed by atoms with Gasteiger partial charge < -0.3 is 10.2 Å². The normalized spacial score (nSPS) is 43.4. The first-order valence-electron chi connectivity index (χ1n) is 6.23. The quantitative estimate of drug-likeness (QED) is 0.774. The molecule has 88 valence electrons. The molecule has 2 unspecified atom stereocenters. The number of thioether (sulfide) groups is 1. The van der Waals surface area contributed by atoms with Gasteiger partial charge in [-0.25, -0.2) is 0 Å². The molecule has 2 nitrogen and oxygen atoms in total. The Hall–Kier alpha value is 0.270. The van der Waals surface area contributed by atoms with E-state index in [0.717, 1.165) is 22.3 Å². The van der Waals surface area contributed by atoms with Gasteiger partial charge in [-0.15, -0.1) is 0 Å². The molecular weight excluding hydrogens is 204 g/mol. The lowest BCUT2D eigenvalue weighted by Gasteiger charge is -2.36. The maximum atomic E-state index is 3.50. The van der Waals surface area contributed by atoms with Gasteiger partial charge in [0.25, 0.3) is 0 Å². The van der Waals surface area contributed by atoms with Crippen LogP contribution >= 0.6 is 11.8 Å². The first-order valence-corrected chi connectivity index (χ1v) is 7.18. The summed E-state index contributed by atoms with van der Waals surface area (Å²) in [5, 5.41) is 5.14. The van der Waals surface area contributed by atoms with Crippen LogP contribution < -0.4 is 5.32 Å². The third kappa shape index (κ3) is 3.11. The topological polar surface area (TPSA) is 15.3 Å². The molecule has 0 amide bonds. The average molecular weight is 228 g/mol. The zero-order chi connectivity index (χ0) is 10.8. The SMILES string of the molecule is CC1CN(C[C@@H]2CNC[C@H]2C)CC(C)S1. The fraction of sp³-hybridized carbons (Fsp3) is 1.00. The largest absolute Gasteiger partial charge is 0.316 e. The minimum absolute atomic E-state index is 0.818. The Kier molecular flexibility index (Phi) is 3.97. The molecule has 3 heteroatoms. The molecule has 1 N–H and O–H groups in total. The Bertz CT molecular complexity index is 200. The van der Waals surface area contributed by atoms with Gasteiger partial charge in [-0.05, 0) is 24.9 Å². The van der Waals surface area contributed by atoms with E-state index >= 15 is 0 Å². The minimum Gasteiger partial charge on any atom is -0.316 e. The van der Waals surface area contributed by atoms with Crippen molar-refractivity contribution < 1.29 is 0 Å². The maximum Gasteiger partial charge on any atom is 0.0149 e. The van der Waals surface area contributed by atoms with Crippen LogP contribution in [0.3, 0.4) is 0 Å². The second kappa shape index (κ2) is 5.07. The highest BCUT2D eigenvalue weighted by Gasteiger charge is 2.28. The molecule has 0 spiro atoms.